The van der Waals surface area contributed by atoms with Gasteiger partial charge in [-0.05, 0) is 11.5 Å². The van der Waals surface area contributed by atoms with Gasteiger partial charge in [-0.2, -0.15) is 0 Å². The molecule has 1 aliphatic heterocycles. The van der Waals surface area contributed by atoms with Gasteiger partial charge in [-0.15, -0.1) is 0 Å². The number of hydrogen-bond donors (Lipinski definition) is 1. The fourth-order valence-electron chi connectivity index (χ4n) is 0.383. The van der Waals surface area contributed by atoms with E-state index in [1.807, 2.05) is 17.4 Å². The molecule has 2 nitrogen and oxygen atoms in total. The lowest BCUT2D eigenvalue weighted by molar-refractivity contribution is 0.572. The minimum Gasteiger partial charge on any atom is -0.330 e. The second-order valence-corrected chi connectivity index (χ2v) is 2.58. The van der Waals surface area contributed by atoms with Crippen molar-refractivity contribution in [2.24, 2.45) is 0 Å². The molecule has 0 amide bonds. The van der Waals surface area contributed by atoms with Gasteiger partial charge in [-0.3, -0.25) is 0 Å². The zero-order chi connectivity index (χ0) is 5.82. The second kappa shape index (κ2) is 2.50. The van der Waals surface area contributed by atoms with Crippen molar-refractivity contribution in [3.63, 3.8) is 0 Å². The molecular formula is C5H5NOS. The summed E-state index contributed by atoms with van der Waals surface area (Å²) in [5.74, 6) is 0. The van der Waals surface area contributed by atoms with Crippen molar-refractivity contribution in [2.45, 2.75) is 0 Å². The van der Waals surface area contributed by atoms with Gasteiger partial charge in [0.15, 0.2) is 5.23 Å². The number of carbonyl (C=O) groups excluding carboxylic acids is 1. The number of allylic oxidation sites excluding steroid dienone is 2. The van der Waals surface area contributed by atoms with Crippen LogP contribution in [0.1, 0.15) is 0 Å². The Morgan fingerprint density at radius 1 is 1.50 bits per heavy atom. The van der Waals surface area contributed by atoms with E-state index in [9.17, 15) is 4.79 Å². The standard InChI is InChI=1S/C5H5NOS/c7-5-8-4-2-1-3-6-8/h1-4,6H. The van der Waals surface area contributed by atoms with Crippen LogP contribution in [0.5, 0.6) is 0 Å². The molecule has 0 saturated carbocycles. The highest BCUT2D eigenvalue weighted by atomic mass is 32.2. The van der Waals surface area contributed by atoms with Crippen LogP contribution >= 0.6 is 10.7 Å². The van der Waals surface area contributed by atoms with Gasteiger partial charge in [-0.25, -0.2) is 4.79 Å². The van der Waals surface area contributed by atoms with Crippen molar-refractivity contribution in [3.8, 4) is 0 Å². The van der Waals surface area contributed by atoms with Crippen LogP contribution in [0.2, 0.25) is 0 Å². The normalized spacial score (nSPS) is 24.2. The van der Waals surface area contributed by atoms with Crippen LogP contribution in [0.25, 0.3) is 0 Å². The lowest BCUT2D eigenvalue weighted by atomic mass is 10.6. The summed E-state index contributed by atoms with van der Waals surface area (Å²) in [5.41, 5.74) is 0. The molecule has 1 heterocycles. The maximum Gasteiger partial charge on any atom is 0.180 e. The predicted octanol–water partition coefficient (Wildman–Crippen LogP) is 0.868. The van der Waals surface area contributed by atoms with E-state index in [-0.39, 0.29) is 0 Å². The van der Waals surface area contributed by atoms with Crippen LogP contribution in [-0.2, 0) is 4.79 Å². The molecule has 3 heteroatoms. The number of rotatable bonds is 0. The largest absolute Gasteiger partial charge is 0.330 e. The smallest absolute Gasteiger partial charge is 0.180 e. The van der Waals surface area contributed by atoms with Crippen LogP contribution in [-0.4, -0.2) is 5.23 Å². The second-order valence-electron chi connectivity index (χ2n) is 1.23. The Kier molecular flexibility index (Phi) is 1.67. The fraction of sp³-hybridized carbons (Fsp3) is 0. The van der Waals surface area contributed by atoms with Crippen LogP contribution < -0.4 is 4.72 Å². The fourth-order valence-corrected chi connectivity index (χ4v) is 1.04. The molecule has 0 aromatic heterocycles. The van der Waals surface area contributed by atoms with E-state index in [1.165, 1.54) is 0 Å². The predicted molar refractivity (Wildman–Crippen MR) is 34.7 cm³/mol. The van der Waals surface area contributed by atoms with Crippen molar-refractivity contribution in [2.75, 3.05) is 0 Å². The maximum atomic E-state index is 9.90. The first-order valence-electron chi connectivity index (χ1n) is 2.14. The van der Waals surface area contributed by atoms with Crippen molar-refractivity contribution < 1.29 is 4.79 Å². The van der Waals surface area contributed by atoms with Crippen LogP contribution in [0.15, 0.2) is 23.8 Å². The summed E-state index contributed by atoms with van der Waals surface area (Å²) in [5, 5.41) is 3.60. The minimum atomic E-state index is -0.475. The van der Waals surface area contributed by atoms with E-state index in [1.54, 1.807) is 11.6 Å². The SMILES string of the molecule is O=C=S1C=CC=CN1. The molecule has 0 radical (unpaired) electrons. The average molecular weight is 127 g/mol. The molecule has 1 atom stereocenters. The van der Waals surface area contributed by atoms with Crippen LogP contribution in [0.3, 0.4) is 0 Å². The van der Waals surface area contributed by atoms with Crippen molar-refractivity contribution in [3.05, 3.63) is 23.8 Å². The zero-order valence-electron chi connectivity index (χ0n) is 4.13. The first kappa shape index (κ1) is 5.35. The summed E-state index contributed by atoms with van der Waals surface area (Å²) in [6.07, 6.45) is 5.39. The van der Waals surface area contributed by atoms with E-state index in [2.05, 4.69) is 4.72 Å². The van der Waals surface area contributed by atoms with Crippen molar-refractivity contribution in [1.82, 2.24) is 4.72 Å². The molecule has 0 spiro atoms. The zero-order valence-corrected chi connectivity index (χ0v) is 4.94. The van der Waals surface area contributed by atoms with Gasteiger partial charge in [0.05, 0.1) is 0 Å². The third-order valence-electron chi connectivity index (χ3n) is 0.707. The Labute approximate surface area is 50.0 Å². The molecule has 1 rings (SSSR count). The third-order valence-corrected chi connectivity index (χ3v) is 1.71. The molecule has 0 bridgehead atoms. The third kappa shape index (κ3) is 1.09. The molecule has 0 aromatic carbocycles. The quantitative estimate of drug-likeness (QED) is 0.489. The molecule has 8 heavy (non-hydrogen) atoms. The summed E-state index contributed by atoms with van der Waals surface area (Å²) < 4.78 is 2.81. The van der Waals surface area contributed by atoms with E-state index in [0.29, 0.717) is 0 Å². The monoisotopic (exact) mass is 127 g/mol. The molecular weight excluding hydrogens is 122 g/mol. The Morgan fingerprint density at radius 2 is 2.38 bits per heavy atom. The number of hydrogen-bond acceptors (Lipinski definition) is 2. The van der Waals surface area contributed by atoms with Gasteiger partial charge in [0.1, 0.15) is 0 Å². The highest BCUT2D eigenvalue weighted by molar-refractivity contribution is 8.15. The molecule has 1 N–H and O–H groups in total. The maximum absolute atomic E-state index is 9.90. The summed E-state index contributed by atoms with van der Waals surface area (Å²) in [6, 6.07) is 0. The lowest BCUT2D eigenvalue weighted by Gasteiger charge is -1.98. The van der Waals surface area contributed by atoms with Gasteiger partial charge < -0.3 is 4.72 Å². The highest BCUT2D eigenvalue weighted by Gasteiger charge is 1.85. The molecule has 1 unspecified atom stereocenters. The first-order chi connectivity index (χ1) is 3.93. The lowest BCUT2D eigenvalue weighted by Crippen LogP contribution is -1.94. The summed E-state index contributed by atoms with van der Waals surface area (Å²) in [4.78, 5) is 9.90. The van der Waals surface area contributed by atoms with E-state index in [4.69, 9.17) is 0 Å². The molecule has 0 aliphatic carbocycles. The number of nitrogens with one attached hydrogen (secondary N) is 1. The van der Waals surface area contributed by atoms with E-state index in [0.717, 1.165) is 0 Å². The Hall–Kier alpha value is -0.790. The molecule has 0 aromatic rings. The molecule has 1 aliphatic rings. The van der Waals surface area contributed by atoms with Gasteiger partial charge in [0.2, 0.25) is 0 Å². The van der Waals surface area contributed by atoms with Gasteiger partial charge in [0.25, 0.3) is 0 Å². The highest BCUT2D eigenvalue weighted by Crippen LogP contribution is 2.08. The topological polar surface area (TPSA) is 29.1 Å². The van der Waals surface area contributed by atoms with Crippen LogP contribution in [0, 0.1) is 0 Å². The average Bonchev–Trinajstić information content (AvgIpc) is 1.90. The van der Waals surface area contributed by atoms with E-state index >= 15 is 0 Å². The summed E-state index contributed by atoms with van der Waals surface area (Å²) in [7, 11) is -0.475. The Morgan fingerprint density at radius 3 is 2.75 bits per heavy atom. The Bertz CT molecular complexity index is 189. The Balaban J connectivity index is 2.80. The van der Waals surface area contributed by atoms with E-state index < -0.39 is 10.7 Å². The van der Waals surface area contributed by atoms with Crippen molar-refractivity contribution >= 4 is 15.9 Å². The van der Waals surface area contributed by atoms with Gasteiger partial charge >= 0.3 is 0 Å². The van der Waals surface area contributed by atoms with Gasteiger partial charge in [0, 0.05) is 16.9 Å². The van der Waals surface area contributed by atoms with Gasteiger partial charge in [-0.1, -0.05) is 6.08 Å². The summed E-state index contributed by atoms with van der Waals surface area (Å²) >= 11 is 0. The first-order valence-corrected chi connectivity index (χ1v) is 3.42. The summed E-state index contributed by atoms with van der Waals surface area (Å²) in [6.45, 7) is 0. The molecule has 0 saturated heterocycles. The molecule has 0 fully saturated rings. The minimum absolute atomic E-state index is 0.475. The van der Waals surface area contributed by atoms with Crippen molar-refractivity contribution in [1.29, 1.82) is 0 Å². The van der Waals surface area contributed by atoms with Crippen LogP contribution in [0.4, 0.5) is 0 Å². The molecule has 42 valence electrons.